The van der Waals surface area contributed by atoms with Crippen molar-refractivity contribution in [3.05, 3.63) is 24.3 Å². The number of hydrogen-bond donors (Lipinski definition) is 0. The Morgan fingerprint density at radius 1 is 1.16 bits per heavy atom. The van der Waals surface area contributed by atoms with Gasteiger partial charge in [0.2, 0.25) is 10.0 Å². The van der Waals surface area contributed by atoms with Crippen LogP contribution in [0.25, 0.3) is 0 Å². The van der Waals surface area contributed by atoms with Gasteiger partial charge in [0.1, 0.15) is 5.75 Å². The number of carbonyl (C=O) groups is 1. The quantitative estimate of drug-likeness (QED) is 0.789. The van der Waals surface area contributed by atoms with E-state index < -0.39 is 16.1 Å². The molecule has 0 aliphatic carbocycles. The molecule has 0 radical (unpaired) electrons. The van der Waals surface area contributed by atoms with Crippen molar-refractivity contribution >= 4 is 21.6 Å². The number of rotatable bonds is 3. The molecule has 0 saturated carbocycles. The first-order chi connectivity index (χ1) is 11.9. The average molecular weight is 367 g/mol. The number of ether oxygens (including phenoxy) is 1. The van der Waals surface area contributed by atoms with Crippen LogP contribution in [0.2, 0.25) is 0 Å². The van der Waals surface area contributed by atoms with E-state index in [0.29, 0.717) is 30.9 Å². The Morgan fingerprint density at radius 3 is 2.48 bits per heavy atom. The van der Waals surface area contributed by atoms with Gasteiger partial charge >= 0.3 is 0 Å². The number of likely N-dealkylation sites (N-methyl/N-ethyl adjacent to an activating group) is 1. The number of nitrogens with zero attached hydrogens (tertiary/aromatic N) is 3. The summed E-state index contributed by atoms with van der Waals surface area (Å²) in [5.41, 5.74) is 0.496. The maximum absolute atomic E-state index is 12.9. The largest absolute Gasteiger partial charge is 0.478 e. The van der Waals surface area contributed by atoms with E-state index in [1.165, 1.54) is 10.6 Å². The van der Waals surface area contributed by atoms with Crippen LogP contribution in [0, 0.1) is 0 Å². The topological polar surface area (TPSA) is 70.2 Å². The molecular weight excluding hydrogens is 342 g/mol. The van der Waals surface area contributed by atoms with E-state index in [9.17, 15) is 13.2 Å². The Morgan fingerprint density at radius 2 is 1.84 bits per heavy atom. The minimum Gasteiger partial charge on any atom is -0.478 e. The average Bonchev–Trinajstić information content (AvgIpc) is 2.80. The fourth-order valence-corrected chi connectivity index (χ4v) is 4.28. The van der Waals surface area contributed by atoms with Crippen molar-refractivity contribution in [2.45, 2.75) is 19.4 Å². The zero-order valence-electron chi connectivity index (χ0n) is 14.7. The Hall–Kier alpha value is -1.80. The smallest absolute Gasteiger partial charge is 0.263 e. The van der Waals surface area contributed by atoms with Crippen molar-refractivity contribution < 1.29 is 17.9 Å². The highest BCUT2D eigenvalue weighted by Gasteiger charge is 2.34. The molecular formula is C17H25N3O4S. The molecule has 138 valence electrons. The van der Waals surface area contributed by atoms with Crippen LogP contribution in [-0.2, 0) is 14.8 Å². The van der Waals surface area contributed by atoms with Gasteiger partial charge in [-0.1, -0.05) is 19.1 Å². The minimum atomic E-state index is -3.43. The first kappa shape index (κ1) is 18.0. The van der Waals surface area contributed by atoms with Crippen LogP contribution in [0.5, 0.6) is 5.75 Å². The second-order valence-electron chi connectivity index (χ2n) is 6.46. The number of para-hydroxylation sites is 2. The van der Waals surface area contributed by atoms with Crippen molar-refractivity contribution in [3.8, 4) is 5.75 Å². The van der Waals surface area contributed by atoms with Gasteiger partial charge in [-0.25, -0.2) is 8.42 Å². The van der Waals surface area contributed by atoms with Gasteiger partial charge in [-0.3, -0.25) is 9.10 Å². The molecule has 0 aromatic heterocycles. The molecule has 8 heteroatoms. The number of hydrogen-bond acceptors (Lipinski definition) is 5. The van der Waals surface area contributed by atoms with Gasteiger partial charge in [-0.05, 0) is 18.7 Å². The molecule has 1 fully saturated rings. The normalized spacial score (nSPS) is 22.1. The summed E-state index contributed by atoms with van der Waals surface area (Å²) in [7, 11) is -3.43. The van der Waals surface area contributed by atoms with Crippen molar-refractivity contribution in [2.75, 3.05) is 49.8 Å². The molecule has 2 aliphatic heterocycles. The molecule has 1 amide bonds. The number of piperazine rings is 1. The fourth-order valence-electron chi connectivity index (χ4n) is 3.34. The summed E-state index contributed by atoms with van der Waals surface area (Å²) in [6.45, 7) is 6.43. The molecule has 1 saturated heterocycles. The van der Waals surface area contributed by atoms with Crippen LogP contribution in [0.3, 0.4) is 0 Å². The summed E-state index contributed by atoms with van der Waals surface area (Å²) < 4.78 is 31.5. The standard InChI is InChI=1S/C17H25N3O4S/c1-3-18-10-12-19(13-11-18)17(21)16-8-9-20(25(2,22)23)14-6-4-5-7-15(14)24-16/h4-7,16H,3,8-13H2,1-2H3. The molecule has 7 nitrogen and oxygen atoms in total. The maximum Gasteiger partial charge on any atom is 0.263 e. The van der Waals surface area contributed by atoms with Crippen LogP contribution < -0.4 is 9.04 Å². The van der Waals surface area contributed by atoms with E-state index in [-0.39, 0.29) is 12.5 Å². The predicted octanol–water partition coefficient (Wildman–Crippen LogP) is 0.768. The number of sulfonamides is 1. The highest BCUT2D eigenvalue weighted by atomic mass is 32.2. The SMILES string of the molecule is CCN1CCN(C(=O)C2CCN(S(C)(=O)=O)c3ccccc3O2)CC1. The van der Waals surface area contributed by atoms with Gasteiger partial charge in [0.15, 0.2) is 6.10 Å². The van der Waals surface area contributed by atoms with Gasteiger partial charge < -0.3 is 14.5 Å². The summed E-state index contributed by atoms with van der Waals surface area (Å²) in [5, 5.41) is 0. The molecule has 2 aliphatic rings. The van der Waals surface area contributed by atoms with E-state index in [4.69, 9.17) is 4.74 Å². The van der Waals surface area contributed by atoms with Gasteiger partial charge in [-0.2, -0.15) is 0 Å². The van der Waals surface area contributed by atoms with Crippen LogP contribution in [0.15, 0.2) is 24.3 Å². The summed E-state index contributed by atoms with van der Waals surface area (Å²) in [6, 6.07) is 6.98. The van der Waals surface area contributed by atoms with Gasteiger partial charge in [0.25, 0.3) is 5.91 Å². The van der Waals surface area contributed by atoms with Gasteiger partial charge in [-0.15, -0.1) is 0 Å². The second-order valence-corrected chi connectivity index (χ2v) is 8.36. The van der Waals surface area contributed by atoms with Crippen LogP contribution >= 0.6 is 0 Å². The monoisotopic (exact) mass is 367 g/mol. The van der Waals surface area contributed by atoms with Gasteiger partial charge in [0, 0.05) is 39.1 Å². The van der Waals surface area contributed by atoms with Crippen molar-refractivity contribution in [1.82, 2.24) is 9.80 Å². The van der Waals surface area contributed by atoms with Crippen LogP contribution in [0.1, 0.15) is 13.3 Å². The number of benzene rings is 1. The van der Waals surface area contributed by atoms with Crippen molar-refractivity contribution in [3.63, 3.8) is 0 Å². The highest BCUT2D eigenvalue weighted by Crippen LogP contribution is 2.34. The molecule has 1 aromatic rings. The van der Waals surface area contributed by atoms with E-state index in [1.54, 1.807) is 24.3 Å². The summed E-state index contributed by atoms with van der Waals surface area (Å²) in [4.78, 5) is 17.0. The molecule has 2 heterocycles. The Labute approximate surface area is 149 Å². The molecule has 0 bridgehead atoms. The number of amides is 1. The highest BCUT2D eigenvalue weighted by molar-refractivity contribution is 7.92. The van der Waals surface area contributed by atoms with E-state index in [1.807, 2.05) is 4.90 Å². The molecule has 0 spiro atoms. The lowest BCUT2D eigenvalue weighted by atomic mass is 10.2. The van der Waals surface area contributed by atoms with E-state index in [0.717, 1.165) is 19.6 Å². The van der Waals surface area contributed by atoms with Crippen molar-refractivity contribution in [1.29, 1.82) is 0 Å². The molecule has 1 atom stereocenters. The van der Waals surface area contributed by atoms with Crippen LogP contribution in [0.4, 0.5) is 5.69 Å². The summed E-state index contributed by atoms with van der Waals surface area (Å²) in [6.07, 6.45) is 0.867. The molecule has 1 aromatic carbocycles. The lowest BCUT2D eigenvalue weighted by molar-refractivity contribution is -0.140. The third kappa shape index (κ3) is 3.90. The number of carbonyl (C=O) groups excluding carboxylic acids is 1. The minimum absolute atomic E-state index is 0.0547. The van der Waals surface area contributed by atoms with Crippen molar-refractivity contribution in [2.24, 2.45) is 0 Å². The molecule has 1 unspecified atom stereocenters. The zero-order valence-corrected chi connectivity index (χ0v) is 15.5. The molecule has 25 heavy (non-hydrogen) atoms. The lowest BCUT2D eigenvalue weighted by Gasteiger charge is -2.35. The summed E-state index contributed by atoms with van der Waals surface area (Å²) >= 11 is 0. The van der Waals surface area contributed by atoms with E-state index in [2.05, 4.69) is 11.8 Å². The maximum atomic E-state index is 12.9. The number of fused-ring (bicyclic) bond motifs is 1. The second kappa shape index (κ2) is 7.21. The fraction of sp³-hybridized carbons (Fsp3) is 0.588. The number of anilines is 1. The third-order valence-electron chi connectivity index (χ3n) is 4.80. The molecule has 0 N–H and O–H groups in total. The third-order valence-corrected chi connectivity index (χ3v) is 5.98. The van der Waals surface area contributed by atoms with Crippen LogP contribution in [-0.4, -0.2) is 75.8 Å². The lowest BCUT2D eigenvalue weighted by Crippen LogP contribution is -2.52. The van der Waals surface area contributed by atoms with Gasteiger partial charge in [0.05, 0.1) is 11.9 Å². The summed E-state index contributed by atoms with van der Waals surface area (Å²) in [5.74, 6) is 0.386. The first-order valence-electron chi connectivity index (χ1n) is 8.64. The zero-order chi connectivity index (χ0) is 18.0. The Balaban J connectivity index is 1.78. The van der Waals surface area contributed by atoms with E-state index >= 15 is 0 Å². The Bertz CT molecular complexity index is 729. The molecule has 3 rings (SSSR count). The Kier molecular flexibility index (Phi) is 5.19. The predicted molar refractivity (Wildman–Crippen MR) is 96.4 cm³/mol. The first-order valence-corrected chi connectivity index (χ1v) is 10.5.